The lowest BCUT2D eigenvalue weighted by molar-refractivity contribution is 0.442. The number of anilines is 1. The van der Waals surface area contributed by atoms with Gasteiger partial charge in [0.2, 0.25) is 5.88 Å². The molecule has 0 aliphatic rings. The Bertz CT molecular complexity index is 632. The van der Waals surface area contributed by atoms with Crippen molar-refractivity contribution in [2.75, 3.05) is 12.4 Å². The van der Waals surface area contributed by atoms with Gasteiger partial charge in [0.15, 0.2) is 11.6 Å². The van der Waals surface area contributed by atoms with Gasteiger partial charge in [-0.3, -0.25) is 0 Å². The highest BCUT2D eigenvalue weighted by atomic mass is 19.2. The molecule has 2 aromatic rings. The van der Waals surface area contributed by atoms with E-state index in [-0.39, 0.29) is 5.75 Å². The standard InChI is InChI=1S/C14H15F2N3O/c1-4-12-18-13(17-3)8(2)14(19-12)20-9-5-6-10(15)11(16)7-9/h5-7H,4H2,1-3H3,(H,17,18,19). The highest BCUT2D eigenvalue weighted by molar-refractivity contribution is 5.49. The number of hydrogen-bond acceptors (Lipinski definition) is 4. The van der Waals surface area contributed by atoms with Gasteiger partial charge in [0, 0.05) is 19.5 Å². The molecule has 2 rings (SSSR count). The Morgan fingerprint density at radius 3 is 2.55 bits per heavy atom. The summed E-state index contributed by atoms with van der Waals surface area (Å²) in [6, 6.07) is 3.35. The number of hydrogen-bond donors (Lipinski definition) is 1. The zero-order valence-corrected chi connectivity index (χ0v) is 11.5. The van der Waals surface area contributed by atoms with Gasteiger partial charge in [0.25, 0.3) is 0 Å². The van der Waals surface area contributed by atoms with E-state index in [1.54, 1.807) is 14.0 Å². The molecule has 20 heavy (non-hydrogen) atoms. The summed E-state index contributed by atoms with van der Waals surface area (Å²) in [5, 5.41) is 2.95. The molecule has 0 saturated heterocycles. The van der Waals surface area contributed by atoms with E-state index in [2.05, 4.69) is 15.3 Å². The van der Waals surface area contributed by atoms with Crippen LogP contribution in [0.2, 0.25) is 0 Å². The molecule has 0 amide bonds. The van der Waals surface area contributed by atoms with Crippen molar-refractivity contribution in [3.63, 3.8) is 0 Å². The Morgan fingerprint density at radius 2 is 1.95 bits per heavy atom. The molecule has 0 atom stereocenters. The molecule has 0 saturated carbocycles. The predicted octanol–water partition coefficient (Wildman–Crippen LogP) is 3.46. The Hall–Kier alpha value is -2.24. The summed E-state index contributed by atoms with van der Waals surface area (Å²) in [6.07, 6.45) is 0.642. The van der Waals surface area contributed by atoms with Gasteiger partial charge in [-0.15, -0.1) is 0 Å². The maximum atomic E-state index is 13.2. The number of aryl methyl sites for hydroxylation is 1. The number of rotatable bonds is 4. The van der Waals surface area contributed by atoms with Gasteiger partial charge in [0.05, 0.1) is 5.56 Å². The molecular formula is C14H15F2N3O. The van der Waals surface area contributed by atoms with Gasteiger partial charge in [-0.25, -0.2) is 13.8 Å². The van der Waals surface area contributed by atoms with E-state index in [4.69, 9.17) is 4.74 Å². The van der Waals surface area contributed by atoms with Crippen LogP contribution in [-0.2, 0) is 6.42 Å². The highest BCUT2D eigenvalue weighted by Crippen LogP contribution is 2.27. The van der Waals surface area contributed by atoms with Crippen molar-refractivity contribution in [2.24, 2.45) is 0 Å². The average molecular weight is 279 g/mol. The molecule has 0 unspecified atom stereocenters. The van der Waals surface area contributed by atoms with E-state index in [1.807, 2.05) is 6.92 Å². The first-order valence-corrected chi connectivity index (χ1v) is 6.23. The number of benzene rings is 1. The first-order valence-electron chi connectivity index (χ1n) is 6.23. The van der Waals surface area contributed by atoms with Crippen molar-refractivity contribution in [1.82, 2.24) is 9.97 Å². The summed E-state index contributed by atoms with van der Waals surface area (Å²) in [4.78, 5) is 8.56. The predicted molar refractivity (Wildman–Crippen MR) is 72.1 cm³/mol. The maximum absolute atomic E-state index is 13.2. The number of aromatic nitrogens is 2. The fraction of sp³-hybridized carbons (Fsp3) is 0.286. The van der Waals surface area contributed by atoms with Crippen LogP contribution in [0.1, 0.15) is 18.3 Å². The molecular weight excluding hydrogens is 264 g/mol. The molecule has 0 spiro atoms. The Morgan fingerprint density at radius 1 is 1.20 bits per heavy atom. The Labute approximate surface area is 115 Å². The van der Waals surface area contributed by atoms with Crippen LogP contribution in [0.15, 0.2) is 18.2 Å². The van der Waals surface area contributed by atoms with Crippen molar-refractivity contribution >= 4 is 5.82 Å². The third kappa shape index (κ3) is 2.84. The second-order valence-corrected chi connectivity index (χ2v) is 4.20. The third-order valence-corrected chi connectivity index (χ3v) is 2.81. The van der Waals surface area contributed by atoms with Crippen LogP contribution in [0.5, 0.6) is 11.6 Å². The van der Waals surface area contributed by atoms with Crippen LogP contribution < -0.4 is 10.1 Å². The fourth-order valence-electron chi connectivity index (χ4n) is 1.69. The van der Waals surface area contributed by atoms with Crippen molar-refractivity contribution in [3.8, 4) is 11.6 Å². The summed E-state index contributed by atoms with van der Waals surface area (Å²) in [5.41, 5.74) is 0.703. The molecule has 106 valence electrons. The summed E-state index contributed by atoms with van der Waals surface area (Å²) in [6.45, 7) is 3.71. The van der Waals surface area contributed by atoms with Crippen LogP contribution in [0.4, 0.5) is 14.6 Å². The number of ether oxygens (including phenoxy) is 1. The molecule has 1 aromatic carbocycles. The number of halogens is 2. The fourth-order valence-corrected chi connectivity index (χ4v) is 1.69. The minimum absolute atomic E-state index is 0.190. The van der Waals surface area contributed by atoms with Gasteiger partial charge in [-0.05, 0) is 19.1 Å². The van der Waals surface area contributed by atoms with E-state index < -0.39 is 11.6 Å². The van der Waals surface area contributed by atoms with E-state index >= 15 is 0 Å². The van der Waals surface area contributed by atoms with Gasteiger partial charge < -0.3 is 10.1 Å². The van der Waals surface area contributed by atoms with E-state index in [0.29, 0.717) is 29.5 Å². The van der Waals surface area contributed by atoms with Crippen molar-refractivity contribution < 1.29 is 13.5 Å². The molecule has 0 radical (unpaired) electrons. The smallest absolute Gasteiger partial charge is 0.227 e. The largest absolute Gasteiger partial charge is 0.438 e. The second kappa shape index (κ2) is 5.81. The Balaban J connectivity index is 2.39. The van der Waals surface area contributed by atoms with E-state index in [1.165, 1.54) is 6.07 Å². The summed E-state index contributed by atoms with van der Waals surface area (Å²) in [5.74, 6) is -0.102. The SMILES string of the molecule is CCc1nc(NC)c(C)c(Oc2ccc(F)c(F)c2)n1. The first-order chi connectivity index (χ1) is 9.55. The Kier molecular flexibility index (Phi) is 4.12. The molecule has 0 fully saturated rings. The lowest BCUT2D eigenvalue weighted by atomic mass is 10.3. The topological polar surface area (TPSA) is 47.0 Å². The van der Waals surface area contributed by atoms with Crippen LogP contribution >= 0.6 is 0 Å². The van der Waals surface area contributed by atoms with Gasteiger partial charge in [0.1, 0.15) is 17.4 Å². The van der Waals surface area contributed by atoms with Crippen LogP contribution in [0.3, 0.4) is 0 Å². The zero-order valence-electron chi connectivity index (χ0n) is 11.5. The molecule has 0 bridgehead atoms. The minimum Gasteiger partial charge on any atom is -0.438 e. The molecule has 1 heterocycles. The van der Waals surface area contributed by atoms with E-state index in [0.717, 1.165) is 12.1 Å². The van der Waals surface area contributed by atoms with Crippen LogP contribution in [-0.4, -0.2) is 17.0 Å². The third-order valence-electron chi connectivity index (χ3n) is 2.81. The summed E-state index contributed by atoms with van der Waals surface area (Å²) < 4.78 is 31.6. The summed E-state index contributed by atoms with van der Waals surface area (Å²) in [7, 11) is 1.75. The lowest BCUT2D eigenvalue weighted by Gasteiger charge is -2.12. The van der Waals surface area contributed by atoms with Crippen molar-refractivity contribution in [2.45, 2.75) is 20.3 Å². The molecule has 1 aromatic heterocycles. The monoisotopic (exact) mass is 279 g/mol. The molecule has 0 aliphatic heterocycles. The highest BCUT2D eigenvalue weighted by Gasteiger charge is 2.12. The number of nitrogens with zero attached hydrogens (tertiary/aromatic N) is 2. The quantitative estimate of drug-likeness (QED) is 0.931. The van der Waals surface area contributed by atoms with Crippen LogP contribution in [0, 0.1) is 18.6 Å². The first kappa shape index (κ1) is 14.2. The van der Waals surface area contributed by atoms with Crippen molar-refractivity contribution in [3.05, 3.63) is 41.2 Å². The van der Waals surface area contributed by atoms with Gasteiger partial charge in [-0.1, -0.05) is 6.92 Å². The van der Waals surface area contributed by atoms with Gasteiger partial charge >= 0.3 is 0 Å². The molecule has 0 aliphatic carbocycles. The van der Waals surface area contributed by atoms with Crippen LogP contribution in [0.25, 0.3) is 0 Å². The average Bonchev–Trinajstić information content (AvgIpc) is 2.45. The zero-order chi connectivity index (χ0) is 14.7. The summed E-state index contributed by atoms with van der Waals surface area (Å²) >= 11 is 0. The second-order valence-electron chi connectivity index (χ2n) is 4.20. The van der Waals surface area contributed by atoms with Crippen molar-refractivity contribution in [1.29, 1.82) is 0 Å². The maximum Gasteiger partial charge on any atom is 0.227 e. The normalized spacial score (nSPS) is 10.4. The molecule has 1 N–H and O–H groups in total. The lowest BCUT2D eigenvalue weighted by Crippen LogP contribution is -2.04. The molecule has 4 nitrogen and oxygen atoms in total. The number of nitrogens with one attached hydrogen (secondary N) is 1. The van der Waals surface area contributed by atoms with E-state index in [9.17, 15) is 8.78 Å². The minimum atomic E-state index is -0.959. The molecule has 6 heteroatoms. The van der Waals surface area contributed by atoms with Gasteiger partial charge in [-0.2, -0.15) is 4.98 Å².